The van der Waals surface area contributed by atoms with Crippen LogP contribution in [0.2, 0.25) is 0 Å². The third-order valence-corrected chi connectivity index (χ3v) is 1.08. The maximum Gasteiger partial charge on any atom is 0.225 e. The van der Waals surface area contributed by atoms with E-state index in [9.17, 15) is 0 Å². The Morgan fingerprint density at radius 2 is 2.27 bits per heavy atom. The fraction of sp³-hybridized carbons (Fsp3) is 0.200. The standard InChI is InChI=1S/C5H9N5O/c1-11-4-2-3(10-7)8-5(6)9-4/h2H,7H2,1H3,(H3,6,8,9,10). The molecule has 6 heteroatoms. The van der Waals surface area contributed by atoms with Crippen molar-refractivity contribution in [3.05, 3.63) is 6.07 Å². The van der Waals surface area contributed by atoms with Gasteiger partial charge >= 0.3 is 0 Å². The second-order valence-corrected chi connectivity index (χ2v) is 1.80. The molecular weight excluding hydrogens is 146 g/mol. The van der Waals surface area contributed by atoms with Gasteiger partial charge in [0, 0.05) is 6.07 Å². The third-order valence-electron chi connectivity index (χ3n) is 1.08. The SMILES string of the molecule is COc1cc(NN)nc(N)n1. The van der Waals surface area contributed by atoms with Crippen LogP contribution in [0.3, 0.4) is 0 Å². The van der Waals surface area contributed by atoms with Crippen molar-refractivity contribution in [2.75, 3.05) is 18.3 Å². The Kier molecular flexibility index (Phi) is 2.07. The molecule has 1 aromatic rings. The van der Waals surface area contributed by atoms with E-state index in [1.54, 1.807) is 0 Å². The van der Waals surface area contributed by atoms with E-state index in [2.05, 4.69) is 15.4 Å². The van der Waals surface area contributed by atoms with E-state index in [0.717, 1.165) is 0 Å². The molecule has 0 aliphatic rings. The first-order valence-corrected chi connectivity index (χ1v) is 2.91. The first kappa shape index (κ1) is 7.55. The van der Waals surface area contributed by atoms with Gasteiger partial charge in [-0.1, -0.05) is 0 Å². The molecule has 0 aliphatic carbocycles. The molecule has 1 heterocycles. The van der Waals surface area contributed by atoms with Gasteiger partial charge in [0.05, 0.1) is 7.11 Å². The van der Waals surface area contributed by atoms with E-state index in [-0.39, 0.29) is 5.95 Å². The largest absolute Gasteiger partial charge is 0.481 e. The summed E-state index contributed by atoms with van der Waals surface area (Å²) in [6.45, 7) is 0. The molecule has 1 rings (SSSR count). The Balaban J connectivity index is 3.02. The Morgan fingerprint density at radius 3 is 2.82 bits per heavy atom. The van der Waals surface area contributed by atoms with Crippen molar-refractivity contribution in [2.45, 2.75) is 0 Å². The summed E-state index contributed by atoms with van der Waals surface area (Å²) in [5, 5.41) is 0. The van der Waals surface area contributed by atoms with Gasteiger partial charge in [0.25, 0.3) is 0 Å². The monoisotopic (exact) mass is 155 g/mol. The molecule has 0 aliphatic heterocycles. The average Bonchev–Trinajstić information content (AvgIpc) is 2.03. The third kappa shape index (κ3) is 1.68. The summed E-state index contributed by atoms with van der Waals surface area (Å²) in [4.78, 5) is 7.50. The lowest BCUT2D eigenvalue weighted by Gasteiger charge is -2.02. The predicted molar refractivity (Wildman–Crippen MR) is 40.8 cm³/mol. The Morgan fingerprint density at radius 1 is 1.55 bits per heavy atom. The number of hydrazine groups is 1. The quantitative estimate of drug-likeness (QED) is 0.388. The molecule has 60 valence electrons. The van der Waals surface area contributed by atoms with E-state index < -0.39 is 0 Å². The summed E-state index contributed by atoms with van der Waals surface area (Å²) in [5.74, 6) is 6.02. The number of ether oxygens (including phenoxy) is 1. The fourth-order valence-electron chi connectivity index (χ4n) is 0.621. The molecule has 11 heavy (non-hydrogen) atoms. The first-order valence-electron chi connectivity index (χ1n) is 2.91. The van der Waals surface area contributed by atoms with Crippen LogP contribution in [0.4, 0.5) is 11.8 Å². The number of rotatable bonds is 2. The fourth-order valence-corrected chi connectivity index (χ4v) is 0.621. The summed E-state index contributed by atoms with van der Waals surface area (Å²) >= 11 is 0. The zero-order valence-electron chi connectivity index (χ0n) is 6.03. The highest BCUT2D eigenvalue weighted by atomic mass is 16.5. The topological polar surface area (TPSA) is 99.1 Å². The molecule has 6 nitrogen and oxygen atoms in total. The maximum atomic E-state index is 5.31. The Hall–Kier alpha value is -1.56. The Labute approximate surface area is 63.5 Å². The highest BCUT2D eigenvalue weighted by Gasteiger charge is 1.99. The maximum absolute atomic E-state index is 5.31. The van der Waals surface area contributed by atoms with Crippen LogP contribution in [0.25, 0.3) is 0 Å². The summed E-state index contributed by atoms with van der Waals surface area (Å²) in [6, 6.07) is 1.54. The second kappa shape index (κ2) is 3.02. The van der Waals surface area contributed by atoms with Crippen molar-refractivity contribution >= 4 is 11.8 Å². The number of methoxy groups -OCH3 is 1. The lowest BCUT2D eigenvalue weighted by atomic mass is 10.5. The van der Waals surface area contributed by atoms with Gasteiger partial charge in [-0.2, -0.15) is 9.97 Å². The minimum atomic E-state index is 0.123. The number of nitrogens with one attached hydrogen (secondary N) is 1. The number of nitrogens with two attached hydrogens (primary N) is 2. The van der Waals surface area contributed by atoms with Gasteiger partial charge in [-0.05, 0) is 0 Å². The van der Waals surface area contributed by atoms with Gasteiger partial charge in [0.1, 0.15) is 5.82 Å². The minimum absolute atomic E-state index is 0.123. The van der Waals surface area contributed by atoms with Crippen molar-refractivity contribution in [3.8, 4) is 5.88 Å². The molecular formula is C5H9N5O. The number of nitrogens with zero attached hydrogens (tertiary/aromatic N) is 2. The van der Waals surface area contributed by atoms with Gasteiger partial charge < -0.3 is 15.9 Å². The van der Waals surface area contributed by atoms with Crippen LogP contribution in [0.1, 0.15) is 0 Å². The van der Waals surface area contributed by atoms with Crippen LogP contribution in [-0.2, 0) is 0 Å². The van der Waals surface area contributed by atoms with Crippen LogP contribution < -0.4 is 21.7 Å². The highest BCUT2D eigenvalue weighted by molar-refractivity contribution is 5.41. The molecule has 5 N–H and O–H groups in total. The Bertz CT molecular complexity index is 228. The minimum Gasteiger partial charge on any atom is -0.481 e. The van der Waals surface area contributed by atoms with Crippen molar-refractivity contribution in [2.24, 2.45) is 5.84 Å². The van der Waals surface area contributed by atoms with Crippen LogP contribution in [0, 0.1) is 0 Å². The molecule has 0 unspecified atom stereocenters. The van der Waals surface area contributed by atoms with E-state index in [1.165, 1.54) is 13.2 Å². The van der Waals surface area contributed by atoms with E-state index in [0.29, 0.717) is 11.7 Å². The van der Waals surface area contributed by atoms with Crippen molar-refractivity contribution in [1.82, 2.24) is 9.97 Å². The van der Waals surface area contributed by atoms with Crippen LogP contribution in [0.5, 0.6) is 5.88 Å². The molecule has 0 atom stereocenters. The smallest absolute Gasteiger partial charge is 0.225 e. The number of hydrogen-bond acceptors (Lipinski definition) is 6. The van der Waals surface area contributed by atoms with Crippen LogP contribution >= 0.6 is 0 Å². The van der Waals surface area contributed by atoms with Crippen molar-refractivity contribution < 1.29 is 4.74 Å². The van der Waals surface area contributed by atoms with E-state index in [4.69, 9.17) is 16.3 Å². The number of nitrogen functional groups attached to an aromatic ring is 2. The molecule has 0 aromatic carbocycles. The van der Waals surface area contributed by atoms with E-state index >= 15 is 0 Å². The molecule has 0 saturated heterocycles. The first-order chi connectivity index (χ1) is 5.26. The lowest BCUT2D eigenvalue weighted by Crippen LogP contribution is -2.10. The van der Waals surface area contributed by atoms with Gasteiger partial charge in [-0.25, -0.2) is 5.84 Å². The molecule has 0 radical (unpaired) electrons. The van der Waals surface area contributed by atoms with E-state index in [1.807, 2.05) is 0 Å². The second-order valence-electron chi connectivity index (χ2n) is 1.80. The lowest BCUT2D eigenvalue weighted by molar-refractivity contribution is 0.398. The summed E-state index contributed by atoms with van der Waals surface area (Å²) in [5.41, 5.74) is 7.64. The van der Waals surface area contributed by atoms with Gasteiger partial charge in [0.2, 0.25) is 11.8 Å². The molecule has 0 fully saturated rings. The van der Waals surface area contributed by atoms with Crippen molar-refractivity contribution in [3.63, 3.8) is 0 Å². The average molecular weight is 155 g/mol. The number of anilines is 2. The zero-order valence-corrected chi connectivity index (χ0v) is 6.03. The summed E-state index contributed by atoms with van der Waals surface area (Å²) in [7, 11) is 1.49. The van der Waals surface area contributed by atoms with Gasteiger partial charge in [-0.3, -0.25) is 0 Å². The number of hydrogen-bond donors (Lipinski definition) is 3. The molecule has 0 spiro atoms. The number of aromatic nitrogens is 2. The summed E-state index contributed by atoms with van der Waals surface area (Å²) < 4.78 is 4.81. The van der Waals surface area contributed by atoms with Gasteiger partial charge in [-0.15, -0.1) is 0 Å². The van der Waals surface area contributed by atoms with Crippen LogP contribution in [0.15, 0.2) is 6.07 Å². The molecule has 0 bridgehead atoms. The van der Waals surface area contributed by atoms with Gasteiger partial charge in [0.15, 0.2) is 0 Å². The molecule has 1 aromatic heterocycles. The zero-order chi connectivity index (χ0) is 8.27. The molecule has 0 saturated carbocycles. The van der Waals surface area contributed by atoms with Crippen LogP contribution in [-0.4, -0.2) is 17.1 Å². The molecule has 0 amide bonds. The predicted octanol–water partition coefficient (Wildman–Crippen LogP) is -0.647. The highest BCUT2D eigenvalue weighted by Crippen LogP contribution is 2.12. The summed E-state index contributed by atoms with van der Waals surface area (Å²) in [6.07, 6.45) is 0. The van der Waals surface area contributed by atoms with Crippen molar-refractivity contribution in [1.29, 1.82) is 0 Å². The normalized spacial score (nSPS) is 9.27.